The Morgan fingerprint density at radius 3 is 2.85 bits per heavy atom. The van der Waals surface area contributed by atoms with Gasteiger partial charge in [-0.25, -0.2) is 4.39 Å². The third-order valence-corrected chi connectivity index (χ3v) is 4.12. The summed E-state index contributed by atoms with van der Waals surface area (Å²) in [7, 11) is 3.57. The largest absolute Gasteiger partial charge is 0.454 e. The number of halogens is 1. The van der Waals surface area contributed by atoms with Crippen molar-refractivity contribution in [2.24, 2.45) is 4.99 Å². The van der Waals surface area contributed by atoms with Gasteiger partial charge >= 0.3 is 0 Å². The molecule has 0 amide bonds. The second kappa shape index (κ2) is 8.05. The van der Waals surface area contributed by atoms with Gasteiger partial charge in [-0.3, -0.25) is 4.99 Å². The van der Waals surface area contributed by atoms with Gasteiger partial charge < -0.3 is 24.8 Å². The number of ether oxygens (including phenoxy) is 2. The molecule has 2 aromatic rings. The predicted molar refractivity (Wildman–Crippen MR) is 96.8 cm³/mol. The molecule has 7 heteroatoms. The van der Waals surface area contributed by atoms with Crippen LogP contribution in [0.1, 0.15) is 17.2 Å². The lowest BCUT2D eigenvalue weighted by molar-refractivity contribution is 0.174. The highest BCUT2D eigenvalue weighted by Crippen LogP contribution is 2.32. The van der Waals surface area contributed by atoms with Crippen LogP contribution in [0.5, 0.6) is 11.5 Å². The summed E-state index contributed by atoms with van der Waals surface area (Å²) in [5.41, 5.74) is 1.57. The summed E-state index contributed by atoms with van der Waals surface area (Å²) < 4.78 is 24.0. The maximum Gasteiger partial charge on any atom is 0.231 e. The van der Waals surface area contributed by atoms with Gasteiger partial charge in [0.05, 0.1) is 6.10 Å². The molecule has 1 aliphatic heterocycles. The Bertz CT molecular complexity index is 797. The maximum absolute atomic E-state index is 13.3. The molecule has 1 atom stereocenters. The van der Waals surface area contributed by atoms with Gasteiger partial charge in [-0.05, 0) is 35.4 Å². The van der Waals surface area contributed by atoms with Gasteiger partial charge in [0.2, 0.25) is 6.79 Å². The number of aliphatic hydroxyl groups excluding tert-OH is 1. The number of rotatable bonds is 5. The van der Waals surface area contributed by atoms with Crippen molar-refractivity contribution in [1.29, 1.82) is 0 Å². The highest BCUT2D eigenvalue weighted by Gasteiger charge is 2.15. The van der Waals surface area contributed by atoms with Crippen molar-refractivity contribution in [1.82, 2.24) is 10.2 Å². The van der Waals surface area contributed by atoms with E-state index in [0.717, 1.165) is 17.1 Å². The predicted octanol–water partition coefficient (Wildman–Crippen LogP) is 2.30. The van der Waals surface area contributed by atoms with Crippen LogP contribution in [0.15, 0.2) is 47.5 Å². The number of guanidine groups is 1. The number of benzene rings is 2. The smallest absolute Gasteiger partial charge is 0.231 e. The van der Waals surface area contributed by atoms with E-state index in [2.05, 4.69) is 10.3 Å². The molecule has 6 nitrogen and oxygen atoms in total. The lowest BCUT2D eigenvalue weighted by Gasteiger charge is -2.23. The van der Waals surface area contributed by atoms with Crippen molar-refractivity contribution in [3.05, 3.63) is 59.4 Å². The molecular formula is C19H22FN3O3. The summed E-state index contributed by atoms with van der Waals surface area (Å²) in [5.74, 6) is 1.74. The number of aliphatic hydroxyl groups is 1. The topological polar surface area (TPSA) is 66.3 Å². The fraction of sp³-hybridized carbons (Fsp3) is 0.316. The molecular weight excluding hydrogens is 337 g/mol. The molecule has 26 heavy (non-hydrogen) atoms. The highest BCUT2D eigenvalue weighted by molar-refractivity contribution is 5.79. The van der Waals surface area contributed by atoms with Crippen LogP contribution < -0.4 is 14.8 Å². The third-order valence-electron chi connectivity index (χ3n) is 4.12. The van der Waals surface area contributed by atoms with Crippen LogP contribution in [0.2, 0.25) is 0 Å². The first-order valence-corrected chi connectivity index (χ1v) is 8.30. The van der Waals surface area contributed by atoms with Gasteiger partial charge in [-0.1, -0.05) is 18.2 Å². The highest BCUT2D eigenvalue weighted by atomic mass is 19.1. The van der Waals surface area contributed by atoms with E-state index in [-0.39, 0.29) is 19.2 Å². The van der Waals surface area contributed by atoms with E-state index in [4.69, 9.17) is 9.47 Å². The molecule has 0 radical (unpaired) electrons. The Hall–Kier alpha value is -2.80. The Kier molecular flexibility index (Phi) is 5.58. The van der Waals surface area contributed by atoms with Gasteiger partial charge in [0.15, 0.2) is 17.5 Å². The quantitative estimate of drug-likeness (QED) is 0.633. The first kappa shape index (κ1) is 18.0. The molecule has 1 unspecified atom stereocenters. The minimum absolute atomic E-state index is 0.224. The van der Waals surface area contributed by atoms with E-state index in [9.17, 15) is 9.50 Å². The third kappa shape index (κ3) is 4.23. The van der Waals surface area contributed by atoms with E-state index in [1.54, 1.807) is 19.2 Å². The monoisotopic (exact) mass is 359 g/mol. The first-order chi connectivity index (χ1) is 12.6. The normalized spacial score (nSPS) is 14.2. The number of fused-ring (bicyclic) bond motifs is 1. The van der Waals surface area contributed by atoms with Crippen molar-refractivity contribution in [3.63, 3.8) is 0 Å². The molecule has 0 spiro atoms. The fourth-order valence-electron chi connectivity index (χ4n) is 2.79. The lowest BCUT2D eigenvalue weighted by atomic mass is 10.1. The van der Waals surface area contributed by atoms with Gasteiger partial charge in [-0.15, -0.1) is 0 Å². The van der Waals surface area contributed by atoms with Crippen LogP contribution in [0.4, 0.5) is 4.39 Å². The molecule has 1 aliphatic rings. The molecule has 0 aromatic heterocycles. The van der Waals surface area contributed by atoms with Crippen molar-refractivity contribution in [3.8, 4) is 11.5 Å². The van der Waals surface area contributed by atoms with E-state index in [1.165, 1.54) is 12.1 Å². The van der Waals surface area contributed by atoms with Gasteiger partial charge in [-0.2, -0.15) is 0 Å². The van der Waals surface area contributed by atoms with Crippen LogP contribution in [0.3, 0.4) is 0 Å². The molecule has 1 heterocycles. The van der Waals surface area contributed by atoms with Crippen molar-refractivity contribution < 1.29 is 19.0 Å². The summed E-state index contributed by atoms with van der Waals surface area (Å²) in [4.78, 5) is 6.16. The number of aliphatic imine (C=N–C) groups is 1. The number of hydrogen-bond acceptors (Lipinski definition) is 4. The Morgan fingerprint density at radius 1 is 1.27 bits per heavy atom. The average molecular weight is 359 g/mol. The van der Waals surface area contributed by atoms with Crippen molar-refractivity contribution >= 4 is 5.96 Å². The van der Waals surface area contributed by atoms with Crippen molar-refractivity contribution in [2.75, 3.05) is 27.4 Å². The van der Waals surface area contributed by atoms with Gasteiger partial charge in [0.1, 0.15) is 5.82 Å². The Balaban J connectivity index is 1.58. The van der Waals surface area contributed by atoms with Crippen molar-refractivity contribution in [2.45, 2.75) is 12.6 Å². The summed E-state index contributed by atoms with van der Waals surface area (Å²) in [6, 6.07) is 11.7. The van der Waals surface area contributed by atoms with Crippen LogP contribution in [0.25, 0.3) is 0 Å². The molecule has 138 valence electrons. The van der Waals surface area contributed by atoms with Crippen LogP contribution in [-0.4, -0.2) is 43.4 Å². The van der Waals surface area contributed by atoms with Crippen LogP contribution in [0, 0.1) is 5.82 Å². The van der Waals surface area contributed by atoms with E-state index in [1.807, 2.05) is 30.1 Å². The standard InChI is InChI=1S/C19H22FN3O3/c1-21-19(22-10-16(24)14-4-3-5-15(20)9-14)23(2)11-13-6-7-17-18(8-13)26-12-25-17/h3-9,16,24H,10-12H2,1-2H3,(H,21,22). The molecule has 0 saturated carbocycles. The average Bonchev–Trinajstić information content (AvgIpc) is 3.09. The summed E-state index contributed by atoms with van der Waals surface area (Å²) in [6.07, 6.45) is -0.832. The molecule has 3 rings (SSSR count). The Morgan fingerprint density at radius 2 is 2.08 bits per heavy atom. The van der Waals surface area contributed by atoms with E-state index >= 15 is 0 Å². The SMILES string of the molecule is CN=C(NCC(O)c1cccc(F)c1)N(C)Cc1ccc2c(c1)OCO2. The van der Waals surface area contributed by atoms with E-state index < -0.39 is 6.10 Å². The van der Waals surface area contributed by atoms with Crippen LogP contribution >= 0.6 is 0 Å². The lowest BCUT2D eigenvalue weighted by Crippen LogP contribution is -2.40. The summed E-state index contributed by atoms with van der Waals surface area (Å²) >= 11 is 0. The number of nitrogens with zero attached hydrogens (tertiary/aromatic N) is 2. The summed E-state index contributed by atoms with van der Waals surface area (Å²) in [5, 5.41) is 13.3. The number of hydrogen-bond donors (Lipinski definition) is 2. The first-order valence-electron chi connectivity index (χ1n) is 8.30. The van der Waals surface area contributed by atoms with E-state index in [0.29, 0.717) is 18.1 Å². The molecule has 0 aliphatic carbocycles. The van der Waals surface area contributed by atoms with Gasteiger partial charge in [0, 0.05) is 27.2 Å². The number of nitrogens with one attached hydrogen (secondary N) is 1. The molecule has 2 N–H and O–H groups in total. The summed E-state index contributed by atoms with van der Waals surface area (Å²) in [6.45, 7) is 1.07. The minimum atomic E-state index is -0.832. The zero-order valence-electron chi connectivity index (χ0n) is 14.8. The second-order valence-corrected chi connectivity index (χ2v) is 6.04. The Labute approximate surface area is 151 Å². The maximum atomic E-state index is 13.3. The second-order valence-electron chi connectivity index (χ2n) is 6.04. The zero-order chi connectivity index (χ0) is 18.5. The fourth-order valence-corrected chi connectivity index (χ4v) is 2.79. The van der Waals surface area contributed by atoms with Crippen LogP contribution in [-0.2, 0) is 6.54 Å². The van der Waals surface area contributed by atoms with Gasteiger partial charge in [0.25, 0.3) is 0 Å². The molecule has 0 saturated heterocycles. The molecule has 0 fully saturated rings. The zero-order valence-corrected chi connectivity index (χ0v) is 14.8. The minimum Gasteiger partial charge on any atom is -0.454 e. The molecule has 0 bridgehead atoms. The molecule has 2 aromatic carbocycles.